The normalized spacial score (nSPS) is 23.5. The minimum Gasteiger partial charge on any atom is -0.331 e. The zero-order chi connectivity index (χ0) is 19.7. The van der Waals surface area contributed by atoms with Gasteiger partial charge in [-0.25, -0.2) is 13.8 Å². The van der Waals surface area contributed by atoms with Crippen molar-refractivity contribution in [2.24, 2.45) is 0 Å². The maximum Gasteiger partial charge on any atom is 0.223 e. The molecule has 150 valence electrons. The first-order chi connectivity index (χ1) is 13.4. The van der Waals surface area contributed by atoms with Crippen molar-refractivity contribution in [1.82, 2.24) is 14.8 Å². The van der Waals surface area contributed by atoms with Crippen molar-refractivity contribution in [3.63, 3.8) is 0 Å². The summed E-state index contributed by atoms with van der Waals surface area (Å²) in [5.41, 5.74) is 1.37. The van der Waals surface area contributed by atoms with Crippen molar-refractivity contribution in [1.29, 1.82) is 0 Å². The second-order valence-corrected chi connectivity index (χ2v) is 8.99. The second-order valence-electron chi connectivity index (χ2n) is 7.93. The standard InChI is InChI=1S/C21H25F2N3OS/c1-15-24-18(14-28-15)13-26-20(27)5-7-21(26)6-2-9-25(10-8-21)12-16-3-4-17(22)11-19(16)23/h3-4,11,14H,2,5-10,12-13H2,1H3/t21-/m0/s1. The molecule has 4 rings (SSSR count). The molecular weight excluding hydrogens is 380 g/mol. The van der Waals surface area contributed by atoms with Crippen molar-refractivity contribution in [2.45, 2.75) is 57.7 Å². The second kappa shape index (κ2) is 7.87. The maximum atomic E-state index is 14.0. The van der Waals surface area contributed by atoms with Crippen LogP contribution in [0.5, 0.6) is 0 Å². The molecule has 1 atom stereocenters. The first-order valence-electron chi connectivity index (χ1n) is 9.83. The Bertz CT molecular complexity index is 871. The third kappa shape index (κ3) is 3.96. The summed E-state index contributed by atoms with van der Waals surface area (Å²) in [4.78, 5) is 21.4. The molecule has 0 unspecified atom stereocenters. The molecule has 28 heavy (non-hydrogen) atoms. The van der Waals surface area contributed by atoms with E-state index in [4.69, 9.17) is 0 Å². The Morgan fingerprint density at radius 2 is 2.04 bits per heavy atom. The van der Waals surface area contributed by atoms with Crippen molar-refractivity contribution in [2.75, 3.05) is 13.1 Å². The van der Waals surface area contributed by atoms with Crippen LogP contribution in [0.1, 0.15) is 48.4 Å². The van der Waals surface area contributed by atoms with Gasteiger partial charge in [-0.3, -0.25) is 9.69 Å². The summed E-state index contributed by atoms with van der Waals surface area (Å²) >= 11 is 1.61. The van der Waals surface area contributed by atoms with Crippen molar-refractivity contribution < 1.29 is 13.6 Å². The predicted octanol–water partition coefficient (Wildman–Crippen LogP) is 4.28. The largest absolute Gasteiger partial charge is 0.331 e. The molecule has 1 spiro atoms. The Balaban J connectivity index is 1.46. The van der Waals surface area contributed by atoms with Crippen molar-refractivity contribution in [3.05, 3.63) is 51.5 Å². The van der Waals surface area contributed by atoms with E-state index in [2.05, 4.69) is 9.88 Å². The van der Waals surface area contributed by atoms with Gasteiger partial charge in [0, 0.05) is 42.1 Å². The molecule has 0 radical (unpaired) electrons. The van der Waals surface area contributed by atoms with Crippen LogP contribution in [0.3, 0.4) is 0 Å². The zero-order valence-electron chi connectivity index (χ0n) is 16.1. The highest BCUT2D eigenvalue weighted by molar-refractivity contribution is 7.09. The van der Waals surface area contributed by atoms with Gasteiger partial charge in [0.2, 0.25) is 5.91 Å². The fourth-order valence-electron chi connectivity index (χ4n) is 4.58. The third-order valence-electron chi connectivity index (χ3n) is 6.08. The van der Waals surface area contributed by atoms with Gasteiger partial charge in [-0.05, 0) is 45.2 Å². The van der Waals surface area contributed by atoms with E-state index < -0.39 is 11.6 Å². The number of nitrogens with zero attached hydrogens (tertiary/aromatic N) is 3. The Labute approximate surface area is 168 Å². The van der Waals surface area contributed by atoms with Crippen LogP contribution in [-0.2, 0) is 17.9 Å². The third-order valence-corrected chi connectivity index (χ3v) is 6.91. The SMILES string of the molecule is Cc1nc(CN2C(=O)CC[C@]23CCCN(Cc2ccc(F)cc2F)CC3)cs1. The lowest BCUT2D eigenvalue weighted by atomic mass is 9.87. The van der Waals surface area contributed by atoms with Crippen LogP contribution in [-0.4, -0.2) is 39.3 Å². The zero-order valence-corrected chi connectivity index (χ0v) is 16.9. The van der Waals surface area contributed by atoms with Gasteiger partial charge >= 0.3 is 0 Å². The van der Waals surface area contributed by atoms with E-state index in [1.165, 1.54) is 12.1 Å². The molecule has 2 aliphatic heterocycles. The number of benzene rings is 1. The van der Waals surface area contributed by atoms with Gasteiger partial charge < -0.3 is 4.90 Å². The number of aromatic nitrogens is 1. The summed E-state index contributed by atoms with van der Waals surface area (Å²) < 4.78 is 27.2. The molecule has 2 saturated heterocycles. The molecule has 2 aliphatic rings. The molecule has 1 aromatic heterocycles. The molecule has 0 bridgehead atoms. The van der Waals surface area contributed by atoms with Gasteiger partial charge in [0.05, 0.1) is 17.2 Å². The minimum atomic E-state index is -0.548. The lowest BCUT2D eigenvalue weighted by molar-refractivity contribution is -0.132. The molecule has 0 N–H and O–H groups in total. The molecule has 4 nitrogen and oxygen atoms in total. The minimum absolute atomic E-state index is 0.120. The van der Waals surface area contributed by atoms with Gasteiger partial charge in [-0.1, -0.05) is 6.07 Å². The Hall–Kier alpha value is -1.86. The highest BCUT2D eigenvalue weighted by Gasteiger charge is 2.45. The molecule has 0 saturated carbocycles. The van der Waals surface area contributed by atoms with Gasteiger partial charge in [0.25, 0.3) is 0 Å². The summed E-state index contributed by atoms with van der Waals surface area (Å²) in [5.74, 6) is -0.826. The highest BCUT2D eigenvalue weighted by Crippen LogP contribution is 2.40. The molecule has 2 fully saturated rings. The quantitative estimate of drug-likeness (QED) is 0.762. The van der Waals surface area contributed by atoms with E-state index in [0.717, 1.165) is 55.5 Å². The van der Waals surface area contributed by atoms with E-state index in [1.54, 1.807) is 11.3 Å². The fraction of sp³-hybridized carbons (Fsp3) is 0.524. The first-order valence-corrected chi connectivity index (χ1v) is 10.7. The molecular formula is C21H25F2N3OS. The van der Waals surface area contributed by atoms with E-state index in [0.29, 0.717) is 25.1 Å². The van der Waals surface area contributed by atoms with Gasteiger partial charge in [0.15, 0.2) is 0 Å². The lowest BCUT2D eigenvalue weighted by Gasteiger charge is -2.38. The van der Waals surface area contributed by atoms with Gasteiger partial charge in [-0.15, -0.1) is 11.3 Å². The van der Waals surface area contributed by atoms with Crippen LogP contribution in [0.25, 0.3) is 0 Å². The Morgan fingerprint density at radius 1 is 1.18 bits per heavy atom. The number of carbonyl (C=O) groups is 1. The maximum absolute atomic E-state index is 14.0. The van der Waals surface area contributed by atoms with Gasteiger partial charge in [-0.2, -0.15) is 0 Å². The number of hydrogen-bond acceptors (Lipinski definition) is 4. The number of carbonyl (C=O) groups excluding carboxylic acids is 1. The fourth-order valence-corrected chi connectivity index (χ4v) is 5.18. The summed E-state index contributed by atoms with van der Waals surface area (Å²) in [6.45, 7) is 4.69. The van der Waals surface area contributed by atoms with Crippen LogP contribution in [0.15, 0.2) is 23.6 Å². The summed E-state index contributed by atoms with van der Waals surface area (Å²) in [7, 11) is 0. The average Bonchev–Trinajstić information content (AvgIpc) is 3.12. The van der Waals surface area contributed by atoms with Crippen LogP contribution >= 0.6 is 11.3 Å². The lowest BCUT2D eigenvalue weighted by Crippen LogP contribution is -2.46. The molecule has 0 aliphatic carbocycles. The number of thiazole rings is 1. The smallest absolute Gasteiger partial charge is 0.223 e. The number of rotatable bonds is 4. The average molecular weight is 406 g/mol. The van der Waals surface area contributed by atoms with Crippen LogP contribution < -0.4 is 0 Å². The molecule has 3 heterocycles. The van der Waals surface area contributed by atoms with E-state index >= 15 is 0 Å². The highest BCUT2D eigenvalue weighted by atomic mass is 32.1. The predicted molar refractivity (Wildman–Crippen MR) is 105 cm³/mol. The number of hydrogen-bond donors (Lipinski definition) is 0. The number of amides is 1. The summed E-state index contributed by atoms with van der Waals surface area (Å²) in [5, 5.41) is 3.05. The number of aryl methyl sites for hydroxylation is 1. The van der Waals surface area contributed by atoms with Gasteiger partial charge in [0.1, 0.15) is 11.6 Å². The van der Waals surface area contributed by atoms with Crippen LogP contribution in [0, 0.1) is 18.6 Å². The molecule has 1 amide bonds. The van der Waals surface area contributed by atoms with Crippen LogP contribution in [0.2, 0.25) is 0 Å². The van der Waals surface area contributed by atoms with Crippen LogP contribution in [0.4, 0.5) is 8.78 Å². The summed E-state index contributed by atoms with van der Waals surface area (Å²) in [6, 6.07) is 3.79. The molecule has 1 aromatic carbocycles. The number of halogens is 2. The Morgan fingerprint density at radius 3 is 2.79 bits per heavy atom. The van der Waals surface area contributed by atoms with E-state index in [1.807, 2.05) is 17.2 Å². The first kappa shape index (κ1) is 19.5. The molecule has 7 heteroatoms. The number of likely N-dealkylation sites (tertiary alicyclic amines) is 2. The summed E-state index contributed by atoms with van der Waals surface area (Å²) in [6.07, 6.45) is 4.28. The van der Waals surface area contributed by atoms with E-state index in [-0.39, 0.29) is 11.4 Å². The van der Waals surface area contributed by atoms with Crippen molar-refractivity contribution >= 4 is 17.2 Å². The molecule has 2 aromatic rings. The van der Waals surface area contributed by atoms with E-state index in [9.17, 15) is 13.6 Å². The Kier molecular flexibility index (Phi) is 5.47. The topological polar surface area (TPSA) is 36.4 Å². The van der Waals surface area contributed by atoms with Crippen molar-refractivity contribution in [3.8, 4) is 0 Å². The monoisotopic (exact) mass is 405 g/mol.